The zero-order valence-electron chi connectivity index (χ0n) is 7.75. The number of nitrogens with two attached hydrogens (primary N) is 1. The summed E-state index contributed by atoms with van der Waals surface area (Å²) in [5.41, 5.74) is 8.23. The summed E-state index contributed by atoms with van der Waals surface area (Å²) in [7, 11) is 1.39. The highest BCUT2D eigenvalue weighted by Crippen LogP contribution is 2.15. The van der Waals surface area contributed by atoms with Gasteiger partial charge < -0.3 is 5.73 Å². The lowest BCUT2D eigenvalue weighted by Gasteiger charge is -1.98. The summed E-state index contributed by atoms with van der Waals surface area (Å²) in [6, 6.07) is 0. The minimum absolute atomic E-state index is 0.880. The van der Waals surface area contributed by atoms with Gasteiger partial charge in [0, 0.05) is 30.3 Å². The van der Waals surface area contributed by atoms with Gasteiger partial charge in [0.05, 0.1) is 5.71 Å². The van der Waals surface area contributed by atoms with Gasteiger partial charge in [-0.15, -0.1) is 0 Å². The molecule has 13 heavy (non-hydrogen) atoms. The molecule has 4 heteroatoms. The first-order chi connectivity index (χ1) is 6.11. The Balaban J connectivity index is 4.64. The average molecular weight is 308 g/mol. The van der Waals surface area contributed by atoms with Crippen LogP contribution in [0.5, 0.6) is 0 Å². The van der Waals surface area contributed by atoms with Gasteiger partial charge in [0.2, 0.25) is 0 Å². The van der Waals surface area contributed by atoms with Gasteiger partial charge in [0.15, 0.2) is 0 Å². The van der Waals surface area contributed by atoms with Crippen LogP contribution >= 0.6 is 30.3 Å². The number of rotatable bonds is 4. The molecule has 0 unspecified atom stereocenters. The van der Waals surface area contributed by atoms with Crippen LogP contribution < -0.4 is 5.73 Å². The highest BCUT2D eigenvalue weighted by molar-refractivity contribution is 14.2. The Morgan fingerprint density at radius 1 is 1.46 bits per heavy atom. The molecule has 0 aliphatic rings. The first-order valence-corrected chi connectivity index (χ1v) is 7.01. The fraction of sp³-hybridized carbons (Fsp3) is 0.222. The Bertz CT molecular complexity index is 267. The third-order valence-corrected chi connectivity index (χ3v) is 2.17. The molecule has 0 aliphatic heterocycles. The molecule has 0 amide bonds. The molecule has 0 fully saturated rings. The van der Waals surface area contributed by atoms with E-state index in [0.717, 1.165) is 16.9 Å². The second-order valence-electron chi connectivity index (χ2n) is 2.57. The molecule has 0 heterocycles. The molecular formula is C9H13IN2S. The lowest BCUT2D eigenvalue weighted by atomic mass is 10.1. The van der Waals surface area contributed by atoms with Crippen LogP contribution in [-0.4, -0.2) is 5.71 Å². The van der Waals surface area contributed by atoms with Crippen molar-refractivity contribution < 1.29 is 0 Å². The molecule has 0 aromatic carbocycles. The van der Waals surface area contributed by atoms with E-state index in [9.17, 15) is 0 Å². The first kappa shape index (κ1) is 12.8. The molecule has 0 atom stereocenters. The maximum absolute atomic E-state index is 5.40. The van der Waals surface area contributed by atoms with Gasteiger partial charge in [-0.05, 0) is 31.7 Å². The Hall–Kier alpha value is -0.230. The standard InChI is InChI=1S/C9H13IN2S/c1-7(2)4-5-9(12-13-10)8(3)6-11/h4-6H,1,11H2,2-3H3/b5-4-,8-6-,12-9+. The van der Waals surface area contributed by atoms with Gasteiger partial charge in [-0.3, -0.25) is 0 Å². The van der Waals surface area contributed by atoms with Crippen LogP contribution in [0.25, 0.3) is 0 Å². The topological polar surface area (TPSA) is 38.4 Å². The zero-order chi connectivity index (χ0) is 10.3. The second kappa shape index (κ2) is 7.20. The number of hydrogen-bond acceptors (Lipinski definition) is 3. The summed E-state index contributed by atoms with van der Waals surface area (Å²) in [5.74, 6) is 0. The Kier molecular flexibility index (Phi) is 7.07. The summed E-state index contributed by atoms with van der Waals surface area (Å²) in [4.78, 5) is 0. The Labute approximate surface area is 95.8 Å². The molecule has 0 saturated carbocycles. The number of allylic oxidation sites excluding steroid dienone is 4. The minimum atomic E-state index is 0.880. The molecule has 0 spiro atoms. The van der Waals surface area contributed by atoms with Gasteiger partial charge >= 0.3 is 0 Å². The van der Waals surface area contributed by atoms with Crippen molar-refractivity contribution in [3.63, 3.8) is 0 Å². The normalized spacial score (nSPS) is 13.8. The van der Waals surface area contributed by atoms with Crippen LogP contribution in [0.4, 0.5) is 0 Å². The minimum Gasteiger partial charge on any atom is -0.404 e. The molecule has 0 aromatic heterocycles. The number of nitrogens with zero attached hydrogens (tertiary/aromatic N) is 1. The van der Waals surface area contributed by atoms with Gasteiger partial charge in [0.25, 0.3) is 0 Å². The third kappa shape index (κ3) is 5.93. The molecule has 72 valence electrons. The molecule has 0 aromatic rings. The van der Waals surface area contributed by atoms with E-state index in [-0.39, 0.29) is 0 Å². The quantitative estimate of drug-likeness (QED) is 0.374. The highest BCUT2D eigenvalue weighted by Gasteiger charge is 1.96. The van der Waals surface area contributed by atoms with Gasteiger partial charge in [-0.1, -0.05) is 18.2 Å². The van der Waals surface area contributed by atoms with Crippen molar-refractivity contribution in [2.75, 3.05) is 0 Å². The van der Waals surface area contributed by atoms with Crippen molar-refractivity contribution in [2.24, 2.45) is 10.1 Å². The van der Waals surface area contributed by atoms with Crippen LogP contribution in [-0.2, 0) is 0 Å². The lowest BCUT2D eigenvalue weighted by molar-refractivity contribution is 1.47. The van der Waals surface area contributed by atoms with Crippen molar-refractivity contribution in [1.82, 2.24) is 0 Å². The van der Waals surface area contributed by atoms with E-state index in [0.29, 0.717) is 0 Å². The maximum Gasteiger partial charge on any atom is 0.0765 e. The van der Waals surface area contributed by atoms with E-state index in [1.807, 2.05) is 26.0 Å². The van der Waals surface area contributed by atoms with E-state index < -0.39 is 0 Å². The van der Waals surface area contributed by atoms with E-state index in [2.05, 4.69) is 32.2 Å². The predicted molar refractivity (Wildman–Crippen MR) is 70.9 cm³/mol. The summed E-state index contributed by atoms with van der Waals surface area (Å²) in [6.07, 6.45) is 5.37. The molecule has 2 nitrogen and oxygen atoms in total. The van der Waals surface area contributed by atoms with E-state index in [1.165, 1.54) is 9.12 Å². The SMILES string of the molecule is C=C(C)\C=C/C(=N\SI)C(/C)=C\N. The fourth-order valence-electron chi connectivity index (χ4n) is 0.578. The van der Waals surface area contributed by atoms with Crippen LogP contribution in [0.15, 0.2) is 40.5 Å². The van der Waals surface area contributed by atoms with E-state index in [4.69, 9.17) is 5.73 Å². The van der Waals surface area contributed by atoms with Gasteiger partial charge in [-0.2, -0.15) is 0 Å². The molecule has 2 N–H and O–H groups in total. The highest BCUT2D eigenvalue weighted by atomic mass is 127. The summed E-state index contributed by atoms with van der Waals surface area (Å²) in [5, 5.41) is 0. The van der Waals surface area contributed by atoms with Crippen molar-refractivity contribution >= 4 is 36.0 Å². The molecule has 0 saturated heterocycles. The maximum atomic E-state index is 5.40. The number of halogens is 1. The Morgan fingerprint density at radius 3 is 2.46 bits per heavy atom. The molecular weight excluding hydrogens is 295 g/mol. The fourth-order valence-corrected chi connectivity index (χ4v) is 1.49. The predicted octanol–water partition coefficient (Wildman–Crippen LogP) is 3.42. The third-order valence-electron chi connectivity index (χ3n) is 1.31. The first-order valence-electron chi connectivity index (χ1n) is 3.70. The van der Waals surface area contributed by atoms with Gasteiger partial charge in [0.1, 0.15) is 0 Å². The van der Waals surface area contributed by atoms with E-state index >= 15 is 0 Å². The van der Waals surface area contributed by atoms with Crippen LogP contribution in [0.3, 0.4) is 0 Å². The van der Waals surface area contributed by atoms with Gasteiger partial charge in [-0.25, -0.2) is 4.40 Å². The average Bonchev–Trinajstić information content (AvgIpc) is 2.10. The summed E-state index contributed by atoms with van der Waals surface area (Å²) in [6.45, 7) is 7.63. The molecule has 0 bridgehead atoms. The van der Waals surface area contributed by atoms with Crippen LogP contribution in [0.1, 0.15) is 13.8 Å². The largest absolute Gasteiger partial charge is 0.404 e. The zero-order valence-corrected chi connectivity index (χ0v) is 10.7. The van der Waals surface area contributed by atoms with Crippen molar-refractivity contribution in [3.05, 3.63) is 36.1 Å². The molecule has 0 aliphatic carbocycles. The molecule has 0 rings (SSSR count). The van der Waals surface area contributed by atoms with Crippen molar-refractivity contribution in [2.45, 2.75) is 13.8 Å². The van der Waals surface area contributed by atoms with Crippen molar-refractivity contribution in [1.29, 1.82) is 0 Å². The lowest BCUT2D eigenvalue weighted by Crippen LogP contribution is -1.97. The van der Waals surface area contributed by atoms with E-state index in [1.54, 1.807) is 6.20 Å². The van der Waals surface area contributed by atoms with Crippen LogP contribution in [0, 0.1) is 0 Å². The summed E-state index contributed by atoms with van der Waals surface area (Å²) >= 11 is 2.11. The number of hydrogen-bond donors (Lipinski definition) is 1. The second-order valence-corrected chi connectivity index (χ2v) is 4.08. The molecule has 0 radical (unpaired) electrons. The smallest absolute Gasteiger partial charge is 0.0765 e. The monoisotopic (exact) mass is 308 g/mol. The van der Waals surface area contributed by atoms with Crippen LogP contribution in [0.2, 0.25) is 0 Å². The van der Waals surface area contributed by atoms with Crippen molar-refractivity contribution in [3.8, 4) is 0 Å². The summed E-state index contributed by atoms with van der Waals surface area (Å²) < 4.78 is 4.21. The Morgan fingerprint density at radius 2 is 2.08 bits per heavy atom.